The van der Waals surface area contributed by atoms with E-state index in [0.29, 0.717) is 18.8 Å². The lowest BCUT2D eigenvalue weighted by Gasteiger charge is -2.34. The number of carbonyl (C=O) groups excluding carboxylic acids is 2. The number of hydrogen-bond donors (Lipinski definition) is 1. The highest BCUT2D eigenvalue weighted by molar-refractivity contribution is 6.09. The van der Waals surface area contributed by atoms with Gasteiger partial charge in [-0.25, -0.2) is 4.79 Å². The normalized spacial score (nSPS) is 20.6. The largest absolute Gasteiger partial charge is 0.465 e. The van der Waals surface area contributed by atoms with Gasteiger partial charge < -0.3 is 19.7 Å². The van der Waals surface area contributed by atoms with Gasteiger partial charge in [-0.15, -0.1) is 0 Å². The number of amides is 1. The SMILES string of the molecule is COC(=O)c1ccccc1NC(=O)/C(C#N)=C\N1CC(C)OC(C)C1. The Morgan fingerprint density at radius 1 is 1.32 bits per heavy atom. The number of nitriles is 1. The maximum Gasteiger partial charge on any atom is 0.339 e. The van der Waals surface area contributed by atoms with Gasteiger partial charge in [-0.1, -0.05) is 12.1 Å². The zero-order chi connectivity index (χ0) is 18.4. The fraction of sp³-hybridized carbons (Fsp3) is 0.389. The van der Waals surface area contributed by atoms with Crippen molar-refractivity contribution in [3.63, 3.8) is 0 Å². The molecule has 0 spiro atoms. The summed E-state index contributed by atoms with van der Waals surface area (Å²) in [7, 11) is 1.27. The molecule has 7 heteroatoms. The molecule has 1 aromatic rings. The lowest BCUT2D eigenvalue weighted by molar-refractivity contribution is -0.112. The molecule has 1 aromatic carbocycles. The highest BCUT2D eigenvalue weighted by Gasteiger charge is 2.22. The van der Waals surface area contributed by atoms with E-state index >= 15 is 0 Å². The van der Waals surface area contributed by atoms with E-state index in [1.54, 1.807) is 24.3 Å². The fourth-order valence-electron chi connectivity index (χ4n) is 2.71. The molecule has 2 atom stereocenters. The third kappa shape index (κ3) is 4.81. The summed E-state index contributed by atoms with van der Waals surface area (Å²) >= 11 is 0. The summed E-state index contributed by atoms with van der Waals surface area (Å²) in [6.07, 6.45) is 1.57. The summed E-state index contributed by atoms with van der Waals surface area (Å²) in [5, 5.41) is 11.9. The Bertz CT molecular complexity index is 713. The van der Waals surface area contributed by atoms with E-state index < -0.39 is 11.9 Å². The van der Waals surface area contributed by atoms with Crippen LogP contribution in [-0.2, 0) is 14.3 Å². The highest BCUT2D eigenvalue weighted by atomic mass is 16.5. The summed E-state index contributed by atoms with van der Waals surface area (Å²) in [4.78, 5) is 26.1. The molecule has 1 fully saturated rings. The van der Waals surface area contributed by atoms with Crippen molar-refractivity contribution in [2.45, 2.75) is 26.1 Å². The number of carbonyl (C=O) groups is 2. The minimum Gasteiger partial charge on any atom is -0.465 e. The molecule has 7 nitrogen and oxygen atoms in total. The molecule has 0 aromatic heterocycles. The molecule has 2 unspecified atom stereocenters. The van der Waals surface area contributed by atoms with E-state index in [4.69, 9.17) is 9.47 Å². The van der Waals surface area contributed by atoms with Crippen molar-refractivity contribution in [1.29, 1.82) is 5.26 Å². The quantitative estimate of drug-likeness (QED) is 0.510. The summed E-state index contributed by atoms with van der Waals surface area (Å²) < 4.78 is 10.3. The Hall–Kier alpha value is -2.85. The number of rotatable bonds is 4. The van der Waals surface area contributed by atoms with Gasteiger partial charge in [-0.05, 0) is 26.0 Å². The molecular weight excluding hydrogens is 322 g/mol. The van der Waals surface area contributed by atoms with Crippen LogP contribution in [0.3, 0.4) is 0 Å². The smallest absolute Gasteiger partial charge is 0.339 e. The van der Waals surface area contributed by atoms with Crippen LogP contribution in [0.1, 0.15) is 24.2 Å². The van der Waals surface area contributed by atoms with Crippen molar-refractivity contribution in [2.75, 3.05) is 25.5 Å². The predicted molar refractivity (Wildman–Crippen MR) is 91.7 cm³/mol. The van der Waals surface area contributed by atoms with Gasteiger partial charge in [-0.2, -0.15) is 5.26 Å². The average molecular weight is 343 g/mol. The lowest BCUT2D eigenvalue weighted by atomic mass is 10.1. The van der Waals surface area contributed by atoms with Crippen molar-refractivity contribution in [3.8, 4) is 6.07 Å². The van der Waals surface area contributed by atoms with Crippen LogP contribution in [0.5, 0.6) is 0 Å². The molecular formula is C18H21N3O4. The Morgan fingerprint density at radius 2 is 1.96 bits per heavy atom. The van der Waals surface area contributed by atoms with Gasteiger partial charge in [0.25, 0.3) is 5.91 Å². The van der Waals surface area contributed by atoms with E-state index in [1.165, 1.54) is 13.3 Å². The molecule has 1 aliphatic rings. The molecule has 1 N–H and O–H groups in total. The summed E-state index contributed by atoms with van der Waals surface area (Å²) in [5.41, 5.74) is 0.481. The van der Waals surface area contributed by atoms with Crippen LogP contribution in [0.2, 0.25) is 0 Å². The van der Waals surface area contributed by atoms with Gasteiger partial charge in [-0.3, -0.25) is 4.79 Å². The molecule has 1 saturated heterocycles. The van der Waals surface area contributed by atoms with Crippen molar-refractivity contribution in [3.05, 3.63) is 41.6 Å². The molecule has 1 aliphatic heterocycles. The molecule has 0 radical (unpaired) electrons. The van der Waals surface area contributed by atoms with Crippen LogP contribution in [0.25, 0.3) is 0 Å². The first-order chi connectivity index (χ1) is 11.9. The van der Waals surface area contributed by atoms with Crippen molar-refractivity contribution in [2.24, 2.45) is 0 Å². The van der Waals surface area contributed by atoms with E-state index in [1.807, 2.05) is 24.8 Å². The van der Waals surface area contributed by atoms with Gasteiger partial charge in [0, 0.05) is 19.3 Å². The standard InChI is InChI=1S/C18H21N3O4/c1-12-9-21(10-13(2)25-12)11-14(8-19)17(22)20-16-7-5-4-6-15(16)18(23)24-3/h4-7,11-13H,9-10H2,1-3H3,(H,20,22)/b14-11-. The van der Waals surface area contributed by atoms with Gasteiger partial charge in [0.05, 0.1) is 30.6 Å². The van der Waals surface area contributed by atoms with Crippen molar-refractivity contribution in [1.82, 2.24) is 4.90 Å². The number of para-hydroxylation sites is 1. The van der Waals surface area contributed by atoms with Crippen LogP contribution >= 0.6 is 0 Å². The summed E-state index contributed by atoms with van der Waals surface area (Å²) in [5.74, 6) is -1.14. The maximum atomic E-state index is 12.4. The van der Waals surface area contributed by atoms with E-state index in [9.17, 15) is 14.9 Å². The zero-order valence-electron chi connectivity index (χ0n) is 14.5. The Labute approximate surface area is 146 Å². The predicted octanol–water partition coefficient (Wildman–Crippen LogP) is 1.93. The molecule has 25 heavy (non-hydrogen) atoms. The van der Waals surface area contributed by atoms with E-state index in [-0.39, 0.29) is 23.3 Å². The lowest BCUT2D eigenvalue weighted by Crippen LogP contribution is -2.43. The summed E-state index contributed by atoms with van der Waals surface area (Å²) in [6.45, 7) is 5.08. The van der Waals surface area contributed by atoms with E-state index in [2.05, 4.69) is 5.32 Å². The number of ether oxygens (including phenoxy) is 2. The minimum absolute atomic E-state index is 0.0167. The number of hydrogen-bond acceptors (Lipinski definition) is 6. The second-order valence-corrected chi connectivity index (χ2v) is 5.86. The first-order valence-corrected chi connectivity index (χ1v) is 7.94. The van der Waals surface area contributed by atoms with Gasteiger partial charge in [0.1, 0.15) is 11.6 Å². The second-order valence-electron chi connectivity index (χ2n) is 5.86. The Kier molecular flexibility index (Phi) is 6.14. The van der Waals surface area contributed by atoms with Crippen molar-refractivity contribution < 1.29 is 19.1 Å². The number of benzene rings is 1. The zero-order valence-corrected chi connectivity index (χ0v) is 14.5. The first kappa shape index (κ1) is 18.5. The average Bonchev–Trinajstić information content (AvgIpc) is 2.58. The van der Waals surface area contributed by atoms with Crippen LogP contribution in [-0.4, -0.2) is 49.2 Å². The fourth-order valence-corrected chi connectivity index (χ4v) is 2.71. The van der Waals surface area contributed by atoms with Gasteiger partial charge >= 0.3 is 5.97 Å². The highest BCUT2D eigenvalue weighted by Crippen LogP contribution is 2.18. The molecule has 1 heterocycles. The summed E-state index contributed by atoms with van der Waals surface area (Å²) in [6, 6.07) is 8.39. The van der Waals surface area contributed by atoms with Crippen LogP contribution < -0.4 is 5.32 Å². The number of nitrogens with zero attached hydrogens (tertiary/aromatic N) is 2. The topological polar surface area (TPSA) is 91.7 Å². The molecule has 0 aliphatic carbocycles. The van der Waals surface area contributed by atoms with Crippen LogP contribution in [0.4, 0.5) is 5.69 Å². The minimum atomic E-state index is -0.578. The number of esters is 1. The number of morpholine rings is 1. The Balaban J connectivity index is 2.17. The van der Waals surface area contributed by atoms with Crippen LogP contribution in [0.15, 0.2) is 36.0 Å². The molecule has 132 valence electrons. The Morgan fingerprint density at radius 3 is 2.56 bits per heavy atom. The molecule has 1 amide bonds. The number of anilines is 1. The number of methoxy groups -OCH3 is 1. The second kappa shape index (κ2) is 8.31. The molecule has 2 rings (SSSR count). The molecule has 0 bridgehead atoms. The van der Waals surface area contributed by atoms with E-state index in [0.717, 1.165) is 0 Å². The van der Waals surface area contributed by atoms with Crippen LogP contribution in [0, 0.1) is 11.3 Å². The third-order valence-corrected chi connectivity index (χ3v) is 3.71. The maximum absolute atomic E-state index is 12.4. The molecule has 0 saturated carbocycles. The first-order valence-electron chi connectivity index (χ1n) is 7.94. The monoisotopic (exact) mass is 343 g/mol. The number of nitrogens with one attached hydrogen (secondary N) is 1. The van der Waals surface area contributed by atoms with Gasteiger partial charge in [0.2, 0.25) is 0 Å². The van der Waals surface area contributed by atoms with Gasteiger partial charge in [0.15, 0.2) is 0 Å². The van der Waals surface area contributed by atoms with Crippen molar-refractivity contribution >= 4 is 17.6 Å². The third-order valence-electron chi connectivity index (χ3n) is 3.71.